The minimum absolute atomic E-state index is 0. The lowest BCUT2D eigenvalue weighted by Gasteiger charge is -2.39. The van der Waals surface area contributed by atoms with E-state index >= 15 is 13.2 Å². The lowest BCUT2D eigenvalue weighted by Crippen LogP contribution is -2.52. The number of alkyl halides is 2. The van der Waals surface area contributed by atoms with Crippen molar-refractivity contribution in [2.45, 2.75) is 102 Å². The van der Waals surface area contributed by atoms with Gasteiger partial charge in [-0.3, -0.25) is 53.5 Å². The van der Waals surface area contributed by atoms with Gasteiger partial charge in [0.25, 0.3) is 5.92 Å². The summed E-state index contributed by atoms with van der Waals surface area (Å²) in [6.45, 7) is 10.2. The molecule has 0 bridgehead atoms. The molecular formula is C110H113F8N6O19+. The summed E-state index contributed by atoms with van der Waals surface area (Å²) in [7, 11) is 6.74. The summed E-state index contributed by atoms with van der Waals surface area (Å²) >= 11 is 0. The molecule has 33 heteroatoms. The molecule has 6 heterocycles. The van der Waals surface area contributed by atoms with Gasteiger partial charge in [-0.25, -0.2) is 35.1 Å². The molecule has 143 heavy (non-hydrogen) atoms. The third-order valence-corrected chi connectivity index (χ3v) is 27.1. The van der Waals surface area contributed by atoms with Crippen LogP contribution in [0.5, 0.6) is 69.0 Å². The maximum Gasteiger partial charge on any atom is 0.293 e. The van der Waals surface area contributed by atoms with Crippen molar-refractivity contribution in [3.63, 3.8) is 0 Å². The first-order chi connectivity index (χ1) is 68.6. The molecule has 0 spiro atoms. The fraction of sp³-hybridized carbons (Fsp3) is 0.373. The van der Waals surface area contributed by atoms with Gasteiger partial charge in [0.1, 0.15) is 47.8 Å². The number of aromatic nitrogens is 3. The fourth-order valence-corrected chi connectivity index (χ4v) is 18.1. The Kier molecular flexibility index (Phi) is 34.0. The maximum atomic E-state index is 15.4. The Morgan fingerprint density at radius 3 is 1.01 bits per heavy atom. The number of pyridine rings is 3. The van der Waals surface area contributed by atoms with Crippen LogP contribution >= 0.6 is 0 Å². The van der Waals surface area contributed by atoms with Crippen LogP contribution in [0.2, 0.25) is 0 Å². The molecule has 752 valence electrons. The Bertz CT molecular complexity index is 6550. The molecule has 2 N–H and O–H groups in total. The molecule has 6 fully saturated rings. The summed E-state index contributed by atoms with van der Waals surface area (Å²) in [6.07, 6.45) is 9.65. The number of morpholine rings is 3. The second kappa shape index (κ2) is 46.8. The number of methoxy groups -OCH3 is 3. The smallest absolute Gasteiger partial charge is 0.293 e. The van der Waals surface area contributed by atoms with Crippen molar-refractivity contribution in [1.29, 1.82) is 0 Å². The molecule has 9 aromatic carbocycles. The maximum absolute atomic E-state index is 15.4. The van der Waals surface area contributed by atoms with Gasteiger partial charge in [-0.15, -0.1) is 0 Å². The average Bonchev–Trinajstić information content (AvgIpc) is 1.68. The van der Waals surface area contributed by atoms with E-state index in [2.05, 4.69) is 26.9 Å². The number of rotatable bonds is 42. The van der Waals surface area contributed by atoms with Gasteiger partial charge in [-0.05, 0) is 188 Å². The second-order valence-corrected chi connectivity index (χ2v) is 37.0. The first-order valence-corrected chi connectivity index (χ1v) is 47.6. The number of Topliss-reactive ketones (excluding diaryl/α,β-unsaturated/α-hetero) is 6. The Morgan fingerprint density at radius 2 is 0.678 bits per heavy atom. The van der Waals surface area contributed by atoms with Gasteiger partial charge < -0.3 is 66.8 Å². The predicted octanol–water partition coefficient (Wildman–Crippen LogP) is 18.3. The van der Waals surface area contributed by atoms with E-state index in [0.29, 0.717) is 179 Å². The SMILES string of the molecule is COc1cc2c(Oc3ccc(CC(=O)C4(C(=O)Cc5ccc(F)cc5)CC4)cc3F)ccnc2cc1OCCCN1CCOCC1.COc1cc2c(Oc3ccc(CC(=O)C4(C(=O)Cc5ccc(F)cc5)CC4)cc3F)ccnc2cc1OCCC[N+]1(C)CCOCC1.COc1cc2c(Oc3ccc(CC(=O)C4(C(=O)Cc5ccc(F)cc5)CCC4)cc3F)ccnc2cc1OCC(F)(F)CN1CCOCC1.O. The van der Waals surface area contributed by atoms with E-state index in [1.165, 1.54) is 116 Å². The molecule has 6 aliphatic rings. The molecule has 0 unspecified atom stereocenters. The van der Waals surface area contributed by atoms with Gasteiger partial charge >= 0.3 is 0 Å². The molecule has 12 aromatic rings. The first-order valence-electron chi connectivity index (χ1n) is 47.6. The highest BCUT2D eigenvalue weighted by molar-refractivity contribution is 6.12. The minimum atomic E-state index is -3.12. The quantitative estimate of drug-likeness (QED) is 0.0149. The number of likely N-dealkylation sites (N-methyl/N-ethyl adjacent to an activating group) is 1. The number of hydrogen-bond donors (Lipinski definition) is 0. The van der Waals surface area contributed by atoms with Crippen LogP contribution in [0.1, 0.15) is 91.2 Å². The molecule has 25 nitrogen and oxygen atoms in total. The second-order valence-electron chi connectivity index (χ2n) is 37.0. The standard InChI is InChI=1S/C37H36F4N2O6.C37H39F2N2O6.C36H36F2N2O6.H2O/c1-46-32-20-27-29(21-33(32)48-23-37(40,41)22-43-13-15-47-16-14-43)42-12-9-30(27)49-31-8-5-25(17-28(31)39)19-35(45)36(10-2-11-36)34(44)18-24-3-6-26(38)7-4-24;1-41(15-18-45-19-16-41)14-3-17-46-34-24-30-28(23-33(34)44-2)31(10-13-40-30)47-32-9-6-26(20-29(32)39)22-36(43)37(11-12-37)35(42)21-25-4-7-27(38)8-5-25;1-43-32-22-27-29(23-33(32)45-16-2-13-40-14-17-44-18-15-40)39-12-9-30(27)46-31-8-5-25(19-28(31)38)21-35(42)36(10-11-36)34(41)20-24-3-6-26(37)7-4-24;/h3-9,12,17,20-21H,2,10-11,13-16,18-19,22-23H2,1H3;4-10,13,20,23-24H,3,11-12,14-19,21-22H2,1-2H3;3-9,12,19,22-23H,2,10-11,13-18,20-21H2,1H3;1H2/q;+1;;. The summed E-state index contributed by atoms with van der Waals surface area (Å²) in [6, 6.07) is 44.8. The summed E-state index contributed by atoms with van der Waals surface area (Å²) < 4.78 is 184. The summed E-state index contributed by atoms with van der Waals surface area (Å²) in [5.41, 5.74) is 1.55. The van der Waals surface area contributed by atoms with Crippen molar-refractivity contribution in [3.8, 4) is 69.0 Å². The number of carbonyl (C=O) groups excluding carboxylic acids is 6. The third kappa shape index (κ3) is 26.0. The Morgan fingerprint density at radius 1 is 0.364 bits per heavy atom. The van der Waals surface area contributed by atoms with Crippen molar-refractivity contribution in [3.05, 3.63) is 269 Å². The number of ether oxygens (including phenoxy) is 12. The van der Waals surface area contributed by atoms with Crippen LogP contribution < -0.4 is 42.6 Å². The monoisotopic (exact) mass is 1970 g/mol. The van der Waals surface area contributed by atoms with E-state index in [9.17, 15) is 50.7 Å². The highest BCUT2D eigenvalue weighted by atomic mass is 19.3. The van der Waals surface area contributed by atoms with E-state index in [0.717, 1.165) is 89.4 Å². The molecule has 3 aromatic heterocycles. The molecule has 3 aliphatic heterocycles. The van der Waals surface area contributed by atoms with Crippen LogP contribution in [-0.4, -0.2) is 222 Å². The van der Waals surface area contributed by atoms with Gasteiger partial charge in [0.05, 0.1) is 127 Å². The Labute approximate surface area is 821 Å². The molecule has 0 radical (unpaired) electrons. The minimum Gasteiger partial charge on any atom is -0.493 e. The van der Waals surface area contributed by atoms with E-state index in [-0.39, 0.29) is 125 Å². The predicted molar refractivity (Wildman–Crippen MR) is 516 cm³/mol. The van der Waals surface area contributed by atoms with Crippen LogP contribution in [0.3, 0.4) is 0 Å². The van der Waals surface area contributed by atoms with Crippen LogP contribution in [-0.2, 0) is 81.5 Å². The van der Waals surface area contributed by atoms with E-state index in [1.54, 1.807) is 110 Å². The number of ketones is 6. The van der Waals surface area contributed by atoms with E-state index in [1.807, 2.05) is 0 Å². The number of hydrogen-bond acceptors (Lipinski definition) is 23. The molecule has 18 rings (SSSR count). The van der Waals surface area contributed by atoms with Gasteiger partial charge in [0.2, 0.25) is 0 Å². The topological polar surface area (TPSA) is 290 Å². The normalized spacial score (nSPS) is 16.0. The Hall–Kier alpha value is -13.4. The van der Waals surface area contributed by atoms with Crippen LogP contribution in [0, 0.1) is 51.1 Å². The number of carbonyl (C=O) groups is 6. The summed E-state index contributed by atoms with van der Waals surface area (Å²) in [4.78, 5) is 96.2. The summed E-state index contributed by atoms with van der Waals surface area (Å²) in [5.74, 6) is -4.38. The molecule has 3 saturated heterocycles. The van der Waals surface area contributed by atoms with Crippen molar-refractivity contribution < 1.29 is 131 Å². The van der Waals surface area contributed by atoms with Crippen LogP contribution in [0.25, 0.3) is 32.7 Å². The van der Waals surface area contributed by atoms with E-state index < -0.39 is 58.6 Å². The number of fused-ring (bicyclic) bond motifs is 3. The molecule has 0 atom stereocenters. The molecule has 3 aliphatic carbocycles. The largest absolute Gasteiger partial charge is 0.493 e. The van der Waals surface area contributed by atoms with Crippen molar-refractivity contribution >= 4 is 67.4 Å². The van der Waals surface area contributed by atoms with Gasteiger partial charge in [-0.2, -0.15) is 0 Å². The highest BCUT2D eigenvalue weighted by Crippen LogP contribution is 2.52. The average molecular weight is 1980 g/mol. The zero-order valence-corrected chi connectivity index (χ0v) is 79.9. The Balaban J connectivity index is 0.000000161. The lowest BCUT2D eigenvalue weighted by atomic mass is 9.61. The number of benzene rings is 9. The van der Waals surface area contributed by atoms with Crippen molar-refractivity contribution in [2.75, 3.05) is 147 Å². The van der Waals surface area contributed by atoms with Gasteiger partial charge in [0.15, 0.2) is 111 Å². The molecular weight excluding hydrogens is 1860 g/mol. The zero-order chi connectivity index (χ0) is 99.7. The number of halogens is 8. The van der Waals surface area contributed by atoms with Crippen molar-refractivity contribution in [2.24, 2.45) is 16.2 Å². The lowest BCUT2D eigenvalue weighted by molar-refractivity contribution is -0.917. The first kappa shape index (κ1) is 104. The molecule has 0 amide bonds. The van der Waals surface area contributed by atoms with Gasteiger partial charge in [-0.1, -0.05) is 61.0 Å². The molecule has 3 saturated carbocycles. The number of nitrogens with zero attached hydrogens (tertiary/aromatic N) is 6. The fourth-order valence-electron chi connectivity index (χ4n) is 18.1. The summed E-state index contributed by atoms with van der Waals surface area (Å²) in [5, 5.41) is 1.67. The van der Waals surface area contributed by atoms with Crippen LogP contribution in [0.15, 0.2) is 201 Å². The number of quaternary nitrogens is 1. The highest BCUT2D eigenvalue weighted by Gasteiger charge is 2.56. The van der Waals surface area contributed by atoms with E-state index in [4.69, 9.17) is 56.8 Å². The van der Waals surface area contributed by atoms with Crippen molar-refractivity contribution in [1.82, 2.24) is 24.8 Å². The third-order valence-electron chi connectivity index (χ3n) is 27.1. The zero-order valence-electron chi connectivity index (χ0n) is 79.9. The van der Waals surface area contributed by atoms with Gasteiger partial charge in [0, 0.05) is 131 Å². The van der Waals surface area contributed by atoms with Crippen LogP contribution in [0.4, 0.5) is 35.1 Å².